The van der Waals surface area contributed by atoms with Gasteiger partial charge in [0.05, 0.1) is 0 Å². The fourth-order valence-corrected chi connectivity index (χ4v) is 7.26. The molecule has 2 aliphatic carbocycles. The summed E-state index contributed by atoms with van der Waals surface area (Å²) in [6.45, 7) is 0.754. The number of rotatable bonds is 19. The number of carboxylic acid groups (broad SMARTS) is 1. The average molecular weight is 827 g/mol. The van der Waals surface area contributed by atoms with E-state index in [1.54, 1.807) is 0 Å². The fourth-order valence-electron chi connectivity index (χ4n) is 7.26. The Labute approximate surface area is 339 Å². The monoisotopic (exact) mass is 826 g/mol. The molecule has 2 saturated heterocycles. The summed E-state index contributed by atoms with van der Waals surface area (Å²) < 4.78 is 0. The van der Waals surface area contributed by atoms with Crippen molar-refractivity contribution >= 4 is 70.8 Å². The van der Waals surface area contributed by atoms with E-state index in [4.69, 9.17) is 15.2 Å². The number of unbranched alkanes of at least 4 members (excludes halogenated alkanes) is 6. The van der Waals surface area contributed by atoms with E-state index in [0.717, 1.165) is 32.1 Å². The summed E-state index contributed by atoms with van der Waals surface area (Å²) >= 11 is 0. The fraction of sp³-hybridized carbons (Fsp3) is 0.600. The second kappa shape index (κ2) is 20.8. The van der Waals surface area contributed by atoms with Crippen molar-refractivity contribution in [3.05, 3.63) is 24.3 Å². The Hall–Kier alpha value is -5.72. The summed E-state index contributed by atoms with van der Waals surface area (Å²) in [7, 11) is 0. The second-order valence-electron chi connectivity index (χ2n) is 15.2. The predicted octanol–water partition coefficient (Wildman–Crippen LogP) is 2.42. The molecule has 19 nitrogen and oxygen atoms in total. The maximum absolute atomic E-state index is 12.7. The summed E-state index contributed by atoms with van der Waals surface area (Å²) in [6.07, 6.45) is 14.7. The van der Waals surface area contributed by atoms with Crippen LogP contribution in [-0.2, 0) is 62.4 Å². The number of aliphatic carboxylic acids is 1. The quantitative estimate of drug-likeness (QED) is 0.0820. The van der Waals surface area contributed by atoms with Crippen LogP contribution in [0.2, 0.25) is 0 Å². The smallest absolute Gasteiger partial charge is 0.346 e. The number of Topliss-reactive ketones (excluding diaryl/α,β-unsaturated/α-hetero) is 2. The maximum Gasteiger partial charge on any atom is 0.346 e. The van der Waals surface area contributed by atoms with Gasteiger partial charge in [0.25, 0.3) is 47.3 Å². The van der Waals surface area contributed by atoms with E-state index in [9.17, 15) is 57.5 Å². The van der Waals surface area contributed by atoms with Crippen LogP contribution >= 0.6 is 0 Å². The van der Waals surface area contributed by atoms with Crippen LogP contribution < -0.4 is 0 Å². The molecule has 2 saturated carbocycles. The number of hydroxylamine groups is 4. The molecule has 59 heavy (non-hydrogen) atoms. The molecular formula is C40H50N4O15. The molecule has 0 unspecified atom stereocenters. The van der Waals surface area contributed by atoms with Crippen LogP contribution in [0.15, 0.2) is 24.3 Å². The van der Waals surface area contributed by atoms with Crippen molar-refractivity contribution < 1.29 is 72.7 Å². The molecule has 0 radical (unpaired) electrons. The number of nitrogens with zero attached hydrogens (tertiary/aromatic N) is 4. The molecule has 8 amide bonds. The lowest BCUT2D eigenvalue weighted by atomic mass is 9.65. The van der Waals surface area contributed by atoms with E-state index >= 15 is 0 Å². The average Bonchev–Trinajstić information content (AvgIpc) is 3.86. The van der Waals surface area contributed by atoms with Gasteiger partial charge in [-0.25, -0.2) is 4.79 Å². The van der Waals surface area contributed by atoms with Gasteiger partial charge in [0.1, 0.15) is 22.4 Å². The van der Waals surface area contributed by atoms with E-state index < -0.39 is 46.4 Å². The Balaban J connectivity index is 0.000000225. The Bertz CT molecular complexity index is 1740. The van der Waals surface area contributed by atoms with Crippen molar-refractivity contribution in [3.8, 4) is 0 Å². The number of ketones is 2. The van der Waals surface area contributed by atoms with Gasteiger partial charge in [0, 0.05) is 75.9 Å². The molecule has 0 bridgehead atoms. The minimum Gasteiger partial charge on any atom is -0.480 e. The molecular weight excluding hydrogens is 776 g/mol. The Kier molecular flexibility index (Phi) is 16.2. The van der Waals surface area contributed by atoms with E-state index in [1.807, 2.05) is 0 Å². The van der Waals surface area contributed by atoms with Crippen LogP contribution in [0.5, 0.6) is 0 Å². The molecule has 4 aliphatic heterocycles. The number of carbonyl (C=O) groups excluding carboxylic acids is 11. The van der Waals surface area contributed by atoms with E-state index in [1.165, 1.54) is 34.1 Å². The van der Waals surface area contributed by atoms with Crippen LogP contribution in [-0.4, -0.2) is 114 Å². The van der Waals surface area contributed by atoms with E-state index in [2.05, 4.69) is 0 Å². The van der Waals surface area contributed by atoms with Crippen LogP contribution in [0.25, 0.3) is 0 Å². The van der Waals surface area contributed by atoms with Crippen LogP contribution in [0, 0.1) is 10.8 Å². The van der Waals surface area contributed by atoms with Gasteiger partial charge >= 0.3 is 11.9 Å². The lowest BCUT2D eigenvalue weighted by molar-refractivity contribution is -0.209. The molecule has 0 spiro atoms. The van der Waals surface area contributed by atoms with Gasteiger partial charge in [-0.3, -0.25) is 67.7 Å². The van der Waals surface area contributed by atoms with Crippen LogP contribution in [0.1, 0.15) is 128 Å². The summed E-state index contributed by atoms with van der Waals surface area (Å²) in [5.41, 5.74) is -2.36. The van der Waals surface area contributed by atoms with Gasteiger partial charge in [-0.2, -0.15) is 5.06 Å². The van der Waals surface area contributed by atoms with Crippen LogP contribution in [0.3, 0.4) is 0 Å². The summed E-state index contributed by atoms with van der Waals surface area (Å²) in [6, 6.07) is 0. The first-order chi connectivity index (χ1) is 28.0. The van der Waals surface area contributed by atoms with Crippen molar-refractivity contribution in [2.75, 3.05) is 13.1 Å². The SMILES string of the molecule is O=C1C=CC(=O)N1CCCCCCC(=O)C1(C(=O)O)CCC1.O=C1C=CC(=O)N1CCCCCCC(=O)C1(C(=O)ON2C(=O)CCC2=O)CCC1.O=C1CCC(=O)N1O. The molecule has 2 N–H and O–H groups in total. The van der Waals surface area contributed by atoms with Gasteiger partial charge in [0.2, 0.25) is 0 Å². The Morgan fingerprint density at radius 2 is 0.881 bits per heavy atom. The highest BCUT2D eigenvalue weighted by Crippen LogP contribution is 2.45. The third-order valence-electron chi connectivity index (χ3n) is 11.4. The highest BCUT2D eigenvalue weighted by molar-refractivity contribution is 6.13. The highest BCUT2D eigenvalue weighted by Gasteiger charge is 2.53. The first-order valence-corrected chi connectivity index (χ1v) is 20.0. The number of amides is 8. The minimum absolute atomic E-state index is 0.0117. The highest BCUT2D eigenvalue weighted by atomic mass is 16.7. The molecule has 0 aromatic carbocycles. The molecule has 6 rings (SSSR count). The number of carbonyl (C=O) groups is 12. The number of hydrogen-bond donors (Lipinski definition) is 2. The summed E-state index contributed by atoms with van der Waals surface area (Å²) in [4.78, 5) is 145. The van der Waals surface area contributed by atoms with Crippen molar-refractivity contribution in [3.63, 3.8) is 0 Å². The van der Waals surface area contributed by atoms with Crippen molar-refractivity contribution in [1.82, 2.24) is 19.9 Å². The van der Waals surface area contributed by atoms with Gasteiger partial charge in [0.15, 0.2) is 0 Å². The summed E-state index contributed by atoms with van der Waals surface area (Å²) in [5.74, 6) is -5.44. The van der Waals surface area contributed by atoms with Gasteiger partial charge in [-0.1, -0.05) is 38.5 Å². The van der Waals surface area contributed by atoms with E-state index in [-0.39, 0.29) is 72.4 Å². The zero-order chi connectivity index (χ0) is 43.3. The topological polar surface area (TPSA) is 267 Å². The molecule has 4 fully saturated rings. The van der Waals surface area contributed by atoms with Crippen LogP contribution in [0.4, 0.5) is 0 Å². The maximum atomic E-state index is 12.7. The van der Waals surface area contributed by atoms with Gasteiger partial charge in [-0.05, 0) is 51.4 Å². The first kappa shape index (κ1) is 46.0. The Morgan fingerprint density at radius 1 is 0.525 bits per heavy atom. The second-order valence-corrected chi connectivity index (χ2v) is 15.2. The molecule has 6 aliphatic rings. The molecule has 320 valence electrons. The van der Waals surface area contributed by atoms with Crippen molar-refractivity contribution in [2.45, 2.75) is 128 Å². The standard InChI is InChI=1S/C20H24N2O7.C16H21NO5.C4H5NO3/c23-14(6-3-1-2-4-13-21-15(24)7-8-16(21)25)20(11-5-12-20)19(28)29-22-17(26)9-10-18(22)27;18-12(16(15(21)22)9-5-10-16)6-3-1-2-4-11-17-13(19)7-8-14(17)20;6-3-1-2-4(7)5(3)8/h7-8H,1-6,9-13H2;7-8H,1-6,9-11H2,(H,21,22);8H,1-2H2. The lowest BCUT2D eigenvalue weighted by Gasteiger charge is -2.37. The minimum atomic E-state index is -1.25. The number of carboxylic acids is 1. The molecule has 0 aromatic heterocycles. The van der Waals surface area contributed by atoms with Crippen molar-refractivity contribution in [1.29, 1.82) is 0 Å². The summed E-state index contributed by atoms with van der Waals surface area (Å²) in [5, 5.41) is 18.2. The number of imide groups is 4. The predicted molar refractivity (Wildman–Crippen MR) is 198 cm³/mol. The zero-order valence-corrected chi connectivity index (χ0v) is 32.9. The van der Waals surface area contributed by atoms with Crippen molar-refractivity contribution in [2.24, 2.45) is 10.8 Å². The molecule has 0 atom stereocenters. The third-order valence-corrected chi connectivity index (χ3v) is 11.4. The van der Waals surface area contributed by atoms with Gasteiger partial charge < -0.3 is 9.94 Å². The largest absolute Gasteiger partial charge is 0.480 e. The number of hydrogen-bond acceptors (Lipinski definition) is 14. The lowest BCUT2D eigenvalue weighted by Crippen LogP contribution is -2.49. The molecule has 19 heteroatoms. The van der Waals surface area contributed by atoms with Gasteiger partial charge in [-0.15, -0.1) is 5.06 Å². The normalized spacial score (nSPS) is 20.0. The third kappa shape index (κ3) is 11.3. The molecule has 0 aromatic rings. The van der Waals surface area contributed by atoms with E-state index in [0.29, 0.717) is 82.4 Å². The first-order valence-electron chi connectivity index (χ1n) is 20.0. The zero-order valence-electron chi connectivity index (χ0n) is 32.9. The molecule has 4 heterocycles. The Morgan fingerprint density at radius 3 is 1.20 bits per heavy atom.